The maximum absolute atomic E-state index is 11.5. The predicted molar refractivity (Wildman–Crippen MR) is 96.2 cm³/mol. The molecule has 0 bridgehead atoms. The molecule has 7 nitrogen and oxygen atoms in total. The second-order valence-corrected chi connectivity index (χ2v) is 6.63. The number of aliphatic imine (C=N–C) groups is 1. The number of carbonyl (C=O) groups is 1. The van der Waals surface area contributed by atoms with Crippen LogP contribution in [0.25, 0.3) is 5.65 Å². The Kier molecular flexibility index (Phi) is 4.56. The van der Waals surface area contributed by atoms with Crippen molar-refractivity contribution < 1.29 is 9.53 Å². The third-order valence-electron chi connectivity index (χ3n) is 3.42. The summed E-state index contributed by atoms with van der Waals surface area (Å²) in [5, 5.41) is 6.69. The molecule has 130 valence electrons. The first-order valence-corrected chi connectivity index (χ1v) is 8.00. The summed E-state index contributed by atoms with van der Waals surface area (Å²) in [6.07, 6.45) is 6.52. The van der Waals surface area contributed by atoms with E-state index in [-0.39, 0.29) is 0 Å². The molecule has 0 saturated carbocycles. The number of nitrogens with one attached hydrogen (secondary N) is 1. The Labute approximate surface area is 145 Å². The Bertz CT molecular complexity index is 884. The molecule has 0 aliphatic heterocycles. The van der Waals surface area contributed by atoms with Gasteiger partial charge in [-0.05, 0) is 38.5 Å². The van der Waals surface area contributed by atoms with E-state index >= 15 is 0 Å². The van der Waals surface area contributed by atoms with Crippen LogP contribution in [0, 0.1) is 0 Å². The highest BCUT2D eigenvalue weighted by atomic mass is 16.6. The molecule has 2 heterocycles. The first-order chi connectivity index (χ1) is 11.9. The van der Waals surface area contributed by atoms with Crippen molar-refractivity contribution in [3.05, 3.63) is 54.5 Å². The number of alkyl carbamates (subject to hydrolysis) is 1. The number of hydrogen-bond donors (Lipinski definition) is 1. The number of aromatic nitrogens is 3. The van der Waals surface area contributed by atoms with Crippen LogP contribution in [0.15, 0.2) is 53.9 Å². The molecule has 2 aromatic heterocycles. The van der Waals surface area contributed by atoms with Crippen LogP contribution in [0.3, 0.4) is 0 Å². The van der Waals surface area contributed by atoms with E-state index in [4.69, 9.17) is 4.74 Å². The minimum absolute atomic E-state index is 0.523. The molecule has 25 heavy (non-hydrogen) atoms. The Morgan fingerprint density at radius 2 is 2.00 bits per heavy atom. The van der Waals surface area contributed by atoms with Crippen molar-refractivity contribution in [3.63, 3.8) is 0 Å². The zero-order chi connectivity index (χ0) is 17.9. The van der Waals surface area contributed by atoms with Gasteiger partial charge in [0.15, 0.2) is 0 Å². The highest BCUT2D eigenvalue weighted by Gasteiger charge is 2.14. The maximum Gasteiger partial charge on any atom is 0.412 e. The molecule has 0 radical (unpaired) electrons. The standard InChI is InChI=1S/C18H21N5O2/c1-18(2,3)25-17(24)20-13-19-15-6-4-14(5-7-15)12-22-10-11-23-16(22)8-9-21-23/h4-11,13H,12H2,1-3H3,(H,19,20,24). The van der Waals surface area contributed by atoms with E-state index in [1.165, 1.54) is 6.34 Å². The van der Waals surface area contributed by atoms with Crippen molar-refractivity contribution >= 4 is 23.8 Å². The number of imidazole rings is 1. The molecule has 1 N–H and O–H groups in total. The van der Waals surface area contributed by atoms with Gasteiger partial charge in [0.1, 0.15) is 11.2 Å². The van der Waals surface area contributed by atoms with Crippen LogP contribution < -0.4 is 5.32 Å². The van der Waals surface area contributed by atoms with Gasteiger partial charge in [-0.3, -0.25) is 5.32 Å². The Hall–Kier alpha value is -3.09. The molecule has 7 heteroatoms. The molecular formula is C18H21N5O2. The third kappa shape index (κ3) is 4.47. The largest absolute Gasteiger partial charge is 0.444 e. The maximum atomic E-state index is 11.5. The highest BCUT2D eigenvalue weighted by molar-refractivity contribution is 5.83. The molecule has 0 atom stereocenters. The number of rotatable bonds is 4. The molecule has 3 aromatic rings. The monoisotopic (exact) mass is 339 g/mol. The van der Waals surface area contributed by atoms with Gasteiger partial charge in [-0.1, -0.05) is 12.1 Å². The summed E-state index contributed by atoms with van der Waals surface area (Å²) in [7, 11) is 0. The Morgan fingerprint density at radius 1 is 1.24 bits per heavy atom. The number of nitrogens with zero attached hydrogens (tertiary/aromatic N) is 4. The van der Waals surface area contributed by atoms with E-state index in [2.05, 4.69) is 20.0 Å². The van der Waals surface area contributed by atoms with E-state index in [9.17, 15) is 4.79 Å². The summed E-state index contributed by atoms with van der Waals surface area (Å²) in [5.41, 5.74) is 2.42. The summed E-state index contributed by atoms with van der Waals surface area (Å²) >= 11 is 0. The van der Waals surface area contributed by atoms with Crippen molar-refractivity contribution in [1.82, 2.24) is 19.5 Å². The lowest BCUT2D eigenvalue weighted by atomic mass is 10.2. The average molecular weight is 339 g/mol. The van der Waals surface area contributed by atoms with Crippen LogP contribution >= 0.6 is 0 Å². The van der Waals surface area contributed by atoms with Gasteiger partial charge >= 0.3 is 6.09 Å². The molecule has 0 aliphatic rings. The lowest BCUT2D eigenvalue weighted by Crippen LogP contribution is -2.31. The fourth-order valence-corrected chi connectivity index (χ4v) is 2.35. The molecule has 1 aromatic carbocycles. The van der Waals surface area contributed by atoms with Crippen LogP contribution in [0.5, 0.6) is 0 Å². The van der Waals surface area contributed by atoms with Gasteiger partial charge in [0.25, 0.3) is 0 Å². The fourth-order valence-electron chi connectivity index (χ4n) is 2.35. The minimum Gasteiger partial charge on any atom is -0.444 e. The van der Waals surface area contributed by atoms with E-state index < -0.39 is 11.7 Å². The van der Waals surface area contributed by atoms with E-state index in [0.29, 0.717) is 0 Å². The summed E-state index contributed by atoms with van der Waals surface area (Å²) < 4.78 is 9.09. The van der Waals surface area contributed by atoms with Gasteiger partial charge in [-0.15, -0.1) is 0 Å². The quantitative estimate of drug-likeness (QED) is 0.585. The molecule has 0 saturated heterocycles. The Balaban J connectivity index is 1.58. The predicted octanol–water partition coefficient (Wildman–Crippen LogP) is 3.37. The van der Waals surface area contributed by atoms with Gasteiger partial charge in [0, 0.05) is 25.0 Å². The van der Waals surface area contributed by atoms with Crippen LogP contribution in [-0.4, -0.2) is 32.2 Å². The van der Waals surface area contributed by atoms with Crippen molar-refractivity contribution in [1.29, 1.82) is 0 Å². The molecule has 3 rings (SSSR count). The number of benzene rings is 1. The summed E-state index contributed by atoms with van der Waals surface area (Å²) in [6, 6.07) is 9.79. The van der Waals surface area contributed by atoms with Crippen LogP contribution in [0.1, 0.15) is 26.3 Å². The van der Waals surface area contributed by atoms with Crippen LogP contribution in [-0.2, 0) is 11.3 Å². The highest BCUT2D eigenvalue weighted by Crippen LogP contribution is 2.15. The van der Waals surface area contributed by atoms with Crippen molar-refractivity contribution in [2.75, 3.05) is 0 Å². The summed E-state index contributed by atoms with van der Waals surface area (Å²) in [4.78, 5) is 15.7. The van der Waals surface area contributed by atoms with Crippen molar-refractivity contribution in [2.24, 2.45) is 4.99 Å². The molecule has 0 unspecified atom stereocenters. The first kappa shape index (κ1) is 16.8. The number of fused-ring (bicyclic) bond motifs is 1. The van der Waals surface area contributed by atoms with Crippen molar-refractivity contribution in [3.8, 4) is 0 Å². The number of carbonyl (C=O) groups excluding carboxylic acids is 1. The molecular weight excluding hydrogens is 318 g/mol. The number of amides is 1. The minimum atomic E-state index is -0.529. The second kappa shape index (κ2) is 6.80. The van der Waals surface area contributed by atoms with Crippen LogP contribution in [0.2, 0.25) is 0 Å². The van der Waals surface area contributed by atoms with E-state index in [1.807, 2.05) is 68.0 Å². The van der Waals surface area contributed by atoms with Gasteiger partial charge in [-0.2, -0.15) is 5.10 Å². The number of hydrogen-bond acceptors (Lipinski definition) is 4. The fraction of sp³-hybridized carbons (Fsp3) is 0.278. The lowest BCUT2D eigenvalue weighted by Gasteiger charge is -2.18. The third-order valence-corrected chi connectivity index (χ3v) is 3.42. The molecule has 1 amide bonds. The van der Waals surface area contributed by atoms with Gasteiger partial charge in [0.05, 0.1) is 18.2 Å². The van der Waals surface area contributed by atoms with Crippen LogP contribution in [0.4, 0.5) is 10.5 Å². The van der Waals surface area contributed by atoms with Gasteiger partial charge in [-0.25, -0.2) is 14.3 Å². The van der Waals surface area contributed by atoms with Crippen molar-refractivity contribution in [2.45, 2.75) is 32.9 Å². The zero-order valence-corrected chi connectivity index (χ0v) is 14.5. The summed E-state index contributed by atoms with van der Waals surface area (Å²) in [6.45, 7) is 6.18. The topological polar surface area (TPSA) is 72.9 Å². The van der Waals surface area contributed by atoms with Gasteiger partial charge < -0.3 is 9.30 Å². The van der Waals surface area contributed by atoms with Gasteiger partial charge in [0.2, 0.25) is 0 Å². The SMILES string of the molecule is CC(C)(C)OC(=O)NC=Nc1ccc(Cn2ccn3nccc23)cc1. The zero-order valence-electron chi connectivity index (χ0n) is 14.5. The lowest BCUT2D eigenvalue weighted by molar-refractivity contribution is 0.0565. The second-order valence-electron chi connectivity index (χ2n) is 6.63. The normalized spacial score (nSPS) is 12.0. The molecule has 0 fully saturated rings. The first-order valence-electron chi connectivity index (χ1n) is 8.00. The summed E-state index contributed by atoms with van der Waals surface area (Å²) in [5.74, 6) is 0. The average Bonchev–Trinajstić information content (AvgIpc) is 3.12. The number of ether oxygens (including phenoxy) is 1. The van der Waals surface area contributed by atoms with E-state index in [0.717, 1.165) is 23.4 Å². The molecule has 0 spiro atoms. The molecule has 0 aliphatic carbocycles. The Morgan fingerprint density at radius 3 is 2.72 bits per heavy atom. The smallest absolute Gasteiger partial charge is 0.412 e. The van der Waals surface area contributed by atoms with E-state index in [1.54, 1.807) is 6.20 Å².